The van der Waals surface area contributed by atoms with Crippen molar-refractivity contribution >= 4 is 33.4 Å². The number of likely N-dealkylation sites (tertiary alicyclic amines) is 1. The quantitative estimate of drug-likeness (QED) is 0.763. The second kappa shape index (κ2) is 8.84. The number of benzene rings is 2. The average Bonchev–Trinajstić information content (AvgIpc) is 2.62. The molecule has 132 valence electrons. The Morgan fingerprint density at radius 2 is 1.84 bits per heavy atom. The van der Waals surface area contributed by atoms with Crippen LogP contribution in [0.4, 0.5) is 0 Å². The minimum Gasteiger partial charge on any atom is -0.352 e. The van der Waals surface area contributed by atoms with Gasteiger partial charge in [-0.1, -0.05) is 51.8 Å². The van der Waals surface area contributed by atoms with Crippen LogP contribution < -0.4 is 5.32 Å². The van der Waals surface area contributed by atoms with Gasteiger partial charge in [-0.05, 0) is 61.3 Å². The van der Waals surface area contributed by atoms with Crippen molar-refractivity contribution in [3.63, 3.8) is 0 Å². The van der Waals surface area contributed by atoms with Crippen LogP contribution in [0.1, 0.15) is 24.0 Å². The summed E-state index contributed by atoms with van der Waals surface area (Å²) < 4.78 is 1.11. The molecule has 1 aliphatic heterocycles. The third-order valence-electron chi connectivity index (χ3n) is 4.63. The maximum Gasteiger partial charge on any atom is 0.223 e. The van der Waals surface area contributed by atoms with E-state index in [1.807, 2.05) is 30.3 Å². The molecule has 1 aliphatic rings. The van der Waals surface area contributed by atoms with Crippen molar-refractivity contribution in [1.29, 1.82) is 0 Å². The Morgan fingerprint density at radius 3 is 2.52 bits per heavy atom. The molecule has 25 heavy (non-hydrogen) atoms. The lowest BCUT2D eigenvalue weighted by atomic mass is 9.95. The van der Waals surface area contributed by atoms with Crippen molar-refractivity contribution in [1.82, 2.24) is 10.2 Å². The van der Waals surface area contributed by atoms with E-state index in [-0.39, 0.29) is 11.8 Å². The maximum atomic E-state index is 12.4. The Labute approximate surface area is 162 Å². The molecule has 5 heteroatoms. The summed E-state index contributed by atoms with van der Waals surface area (Å²) in [5, 5.41) is 3.77. The predicted octanol–water partition coefficient (Wildman–Crippen LogP) is 4.63. The third kappa shape index (κ3) is 5.56. The van der Waals surface area contributed by atoms with Gasteiger partial charge in [-0.25, -0.2) is 0 Å². The van der Waals surface area contributed by atoms with Gasteiger partial charge in [0.2, 0.25) is 5.91 Å². The van der Waals surface area contributed by atoms with Gasteiger partial charge in [-0.15, -0.1) is 0 Å². The number of nitrogens with zero attached hydrogens (tertiary/aromatic N) is 1. The lowest BCUT2D eigenvalue weighted by Gasteiger charge is -2.31. The van der Waals surface area contributed by atoms with Gasteiger partial charge in [0.05, 0.1) is 0 Å². The number of carbonyl (C=O) groups is 1. The molecule has 1 saturated heterocycles. The molecule has 0 unspecified atom stereocenters. The highest BCUT2D eigenvalue weighted by molar-refractivity contribution is 9.10. The normalized spacial score (nSPS) is 15.9. The average molecular weight is 422 g/mol. The van der Waals surface area contributed by atoms with Gasteiger partial charge in [0.15, 0.2) is 0 Å². The van der Waals surface area contributed by atoms with Gasteiger partial charge in [0.1, 0.15) is 0 Å². The van der Waals surface area contributed by atoms with Gasteiger partial charge >= 0.3 is 0 Å². The van der Waals surface area contributed by atoms with Crippen LogP contribution in [0.3, 0.4) is 0 Å². The second-order valence-corrected chi connectivity index (χ2v) is 7.88. The molecule has 0 saturated carbocycles. The molecule has 0 aromatic heterocycles. The molecular weight excluding hydrogens is 400 g/mol. The summed E-state index contributed by atoms with van der Waals surface area (Å²) in [5.74, 6) is 0.281. The highest BCUT2D eigenvalue weighted by atomic mass is 79.9. The van der Waals surface area contributed by atoms with Crippen molar-refractivity contribution in [2.24, 2.45) is 5.92 Å². The molecule has 0 spiro atoms. The molecule has 0 atom stereocenters. The first-order valence-corrected chi connectivity index (χ1v) is 9.76. The topological polar surface area (TPSA) is 32.3 Å². The van der Waals surface area contributed by atoms with Crippen LogP contribution in [0.5, 0.6) is 0 Å². The Kier molecular flexibility index (Phi) is 6.51. The molecule has 2 aromatic rings. The highest BCUT2D eigenvalue weighted by Crippen LogP contribution is 2.21. The van der Waals surface area contributed by atoms with Gasteiger partial charge in [-0.3, -0.25) is 9.69 Å². The Hall–Kier alpha value is -1.36. The van der Waals surface area contributed by atoms with Crippen LogP contribution in [0.15, 0.2) is 53.0 Å². The fourth-order valence-corrected chi connectivity index (χ4v) is 3.76. The van der Waals surface area contributed by atoms with E-state index < -0.39 is 0 Å². The number of hydrogen-bond acceptors (Lipinski definition) is 2. The predicted molar refractivity (Wildman–Crippen MR) is 105 cm³/mol. The molecular formula is C20H22BrClN2O. The number of hydrogen-bond donors (Lipinski definition) is 1. The molecule has 3 rings (SSSR count). The maximum absolute atomic E-state index is 12.4. The summed E-state index contributed by atoms with van der Waals surface area (Å²) in [6, 6.07) is 16.0. The van der Waals surface area contributed by atoms with E-state index in [9.17, 15) is 4.79 Å². The van der Waals surface area contributed by atoms with Crippen molar-refractivity contribution in [3.8, 4) is 0 Å². The molecule has 1 fully saturated rings. The van der Waals surface area contributed by atoms with Crippen molar-refractivity contribution in [2.75, 3.05) is 13.1 Å². The van der Waals surface area contributed by atoms with Gasteiger partial charge in [-0.2, -0.15) is 0 Å². The van der Waals surface area contributed by atoms with Gasteiger partial charge in [0.25, 0.3) is 0 Å². The first kappa shape index (κ1) is 18.4. The fraction of sp³-hybridized carbons (Fsp3) is 0.350. The Bertz CT molecular complexity index is 712. The lowest BCUT2D eigenvalue weighted by molar-refractivity contribution is -0.126. The summed E-state index contributed by atoms with van der Waals surface area (Å²) in [5.41, 5.74) is 2.38. The first-order chi connectivity index (χ1) is 12.1. The summed E-state index contributed by atoms with van der Waals surface area (Å²) in [6.07, 6.45) is 1.83. The van der Waals surface area contributed by atoms with E-state index in [2.05, 4.69) is 44.3 Å². The molecule has 3 nitrogen and oxygen atoms in total. The molecule has 2 aromatic carbocycles. The fourth-order valence-electron chi connectivity index (χ4n) is 3.18. The van der Waals surface area contributed by atoms with E-state index in [0.717, 1.165) is 42.5 Å². The Morgan fingerprint density at radius 1 is 1.12 bits per heavy atom. The zero-order valence-corrected chi connectivity index (χ0v) is 16.4. The number of amides is 1. The molecule has 1 heterocycles. The zero-order valence-electron chi connectivity index (χ0n) is 14.1. The zero-order chi connectivity index (χ0) is 17.6. The number of halogens is 2. The SMILES string of the molecule is O=C(NCc1ccc(Cl)cc1)C1CCN(Cc2cccc(Br)c2)CC1. The smallest absolute Gasteiger partial charge is 0.223 e. The standard InChI is InChI=1S/C20H22BrClN2O/c21-18-3-1-2-16(12-18)14-24-10-8-17(9-11-24)20(25)23-13-15-4-6-19(22)7-5-15/h1-7,12,17H,8-11,13-14H2,(H,23,25). The molecule has 1 N–H and O–H groups in total. The number of rotatable bonds is 5. The van der Waals surface area contributed by atoms with Gasteiger partial charge < -0.3 is 5.32 Å². The van der Waals surface area contributed by atoms with Crippen LogP contribution in [0.2, 0.25) is 5.02 Å². The highest BCUT2D eigenvalue weighted by Gasteiger charge is 2.24. The van der Waals surface area contributed by atoms with Crippen LogP contribution >= 0.6 is 27.5 Å². The number of piperidine rings is 1. The van der Waals surface area contributed by atoms with E-state index >= 15 is 0 Å². The van der Waals surface area contributed by atoms with E-state index in [1.54, 1.807) is 0 Å². The number of nitrogens with one attached hydrogen (secondary N) is 1. The lowest BCUT2D eigenvalue weighted by Crippen LogP contribution is -2.40. The molecule has 0 radical (unpaired) electrons. The van der Waals surface area contributed by atoms with E-state index in [0.29, 0.717) is 11.6 Å². The number of carbonyl (C=O) groups excluding carboxylic acids is 1. The summed E-state index contributed by atoms with van der Waals surface area (Å²) in [7, 11) is 0. The van der Waals surface area contributed by atoms with Crippen LogP contribution in [-0.4, -0.2) is 23.9 Å². The minimum absolute atomic E-state index is 0.117. The molecule has 0 aliphatic carbocycles. The van der Waals surface area contributed by atoms with Crippen LogP contribution in [0.25, 0.3) is 0 Å². The van der Waals surface area contributed by atoms with Crippen molar-refractivity contribution in [3.05, 3.63) is 69.2 Å². The molecule has 1 amide bonds. The van der Waals surface area contributed by atoms with E-state index in [4.69, 9.17) is 11.6 Å². The summed E-state index contributed by atoms with van der Waals surface area (Å²) in [4.78, 5) is 14.8. The summed E-state index contributed by atoms with van der Waals surface area (Å²) >= 11 is 9.40. The van der Waals surface area contributed by atoms with Crippen LogP contribution in [0, 0.1) is 5.92 Å². The largest absolute Gasteiger partial charge is 0.352 e. The van der Waals surface area contributed by atoms with Gasteiger partial charge in [0, 0.05) is 28.5 Å². The molecule has 0 bridgehead atoms. The monoisotopic (exact) mass is 420 g/mol. The Balaban J connectivity index is 1.43. The third-order valence-corrected chi connectivity index (χ3v) is 5.38. The van der Waals surface area contributed by atoms with Crippen molar-refractivity contribution in [2.45, 2.75) is 25.9 Å². The second-order valence-electron chi connectivity index (χ2n) is 6.52. The van der Waals surface area contributed by atoms with Crippen molar-refractivity contribution < 1.29 is 4.79 Å². The van der Waals surface area contributed by atoms with E-state index in [1.165, 1.54) is 5.56 Å². The minimum atomic E-state index is 0.117. The van der Waals surface area contributed by atoms with Crippen LogP contribution in [-0.2, 0) is 17.9 Å². The first-order valence-electron chi connectivity index (χ1n) is 8.59. The summed E-state index contributed by atoms with van der Waals surface area (Å²) in [6.45, 7) is 3.43.